The molecule has 0 unspecified atom stereocenters. The summed E-state index contributed by atoms with van der Waals surface area (Å²) in [5.74, 6) is -0.282. The van der Waals surface area contributed by atoms with E-state index >= 15 is 0 Å². The van der Waals surface area contributed by atoms with E-state index in [1.165, 1.54) is 7.11 Å². The van der Waals surface area contributed by atoms with Crippen LogP contribution in [0.2, 0.25) is 5.02 Å². The molecule has 5 heteroatoms. The van der Waals surface area contributed by atoms with Crippen LogP contribution in [0.25, 0.3) is 10.9 Å². The number of hydrogen-bond acceptors (Lipinski definition) is 3. The third-order valence-electron chi connectivity index (χ3n) is 3.15. The van der Waals surface area contributed by atoms with Gasteiger partial charge in [-0.2, -0.15) is 0 Å². The summed E-state index contributed by atoms with van der Waals surface area (Å²) in [6.07, 6.45) is 2.08. The van der Waals surface area contributed by atoms with Crippen molar-refractivity contribution in [3.8, 4) is 0 Å². The van der Waals surface area contributed by atoms with Crippen LogP contribution in [0.15, 0.2) is 18.3 Å². The molecule has 1 N–H and O–H groups in total. The monoisotopic (exact) mass is 281 g/mol. The highest BCUT2D eigenvalue weighted by Crippen LogP contribution is 2.28. The smallest absolute Gasteiger partial charge is 0.310 e. The molecule has 0 atom stereocenters. The molecule has 0 aliphatic rings. The number of ether oxygens (including phenoxy) is 1. The highest BCUT2D eigenvalue weighted by molar-refractivity contribution is 6.32. The molecule has 2 rings (SSSR count). The maximum Gasteiger partial charge on any atom is 0.310 e. The molecule has 0 saturated heterocycles. The number of aryl methyl sites for hydroxylation is 1. The minimum absolute atomic E-state index is 0.0347. The third kappa shape index (κ3) is 2.74. The van der Waals surface area contributed by atoms with E-state index < -0.39 is 0 Å². The van der Waals surface area contributed by atoms with Gasteiger partial charge in [-0.05, 0) is 30.2 Å². The molecule has 4 nitrogen and oxygen atoms in total. The van der Waals surface area contributed by atoms with Gasteiger partial charge in [0.1, 0.15) is 0 Å². The van der Waals surface area contributed by atoms with E-state index in [2.05, 4.69) is 0 Å². The number of esters is 1. The minimum atomic E-state index is -0.282. The number of carbonyl (C=O) groups excluding carboxylic acids is 1. The quantitative estimate of drug-likeness (QED) is 0.875. The van der Waals surface area contributed by atoms with Crippen molar-refractivity contribution < 1.29 is 14.6 Å². The number of benzene rings is 1. The summed E-state index contributed by atoms with van der Waals surface area (Å²) >= 11 is 6.13. The van der Waals surface area contributed by atoms with Gasteiger partial charge in [-0.15, -0.1) is 0 Å². The Kier molecular flexibility index (Phi) is 4.12. The van der Waals surface area contributed by atoms with Gasteiger partial charge in [0.05, 0.1) is 20.1 Å². The van der Waals surface area contributed by atoms with E-state index in [0.717, 1.165) is 22.0 Å². The Hall–Kier alpha value is -1.52. The van der Waals surface area contributed by atoms with Crippen LogP contribution in [-0.4, -0.2) is 29.4 Å². The zero-order chi connectivity index (χ0) is 14.0. The van der Waals surface area contributed by atoms with Crippen LogP contribution in [0, 0.1) is 6.92 Å². The normalized spacial score (nSPS) is 10.9. The Labute approximate surface area is 116 Å². The van der Waals surface area contributed by atoms with Crippen LogP contribution in [0.4, 0.5) is 0 Å². The molecule has 0 amide bonds. The van der Waals surface area contributed by atoms with Gasteiger partial charge in [-0.1, -0.05) is 11.6 Å². The highest BCUT2D eigenvalue weighted by atomic mass is 35.5. The molecule has 0 bridgehead atoms. The van der Waals surface area contributed by atoms with Crippen molar-refractivity contribution in [2.75, 3.05) is 13.7 Å². The number of halogens is 1. The van der Waals surface area contributed by atoms with Crippen molar-refractivity contribution in [3.05, 3.63) is 34.5 Å². The molecule has 1 heterocycles. The lowest BCUT2D eigenvalue weighted by atomic mass is 10.1. The van der Waals surface area contributed by atoms with Gasteiger partial charge < -0.3 is 14.4 Å². The number of hydrogen-bond donors (Lipinski definition) is 1. The highest BCUT2D eigenvalue weighted by Gasteiger charge is 2.13. The van der Waals surface area contributed by atoms with E-state index in [9.17, 15) is 4.79 Å². The van der Waals surface area contributed by atoms with Gasteiger partial charge in [-0.25, -0.2) is 0 Å². The summed E-state index contributed by atoms with van der Waals surface area (Å²) in [6.45, 7) is 2.43. The zero-order valence-electron chi connectivity index (χ0n) is 10.9. The second-order valence-corrected chi connectivity index (χ2v) is 4.85. The van der Waals surface area contributed by atoms with Crippen LogP contribution in [0.3, 0.4) is 0 Å². The van der Waals surface area contributed by atoms with Crippen molar-refractivity contribution in [2.24, 2.45) is 0 Å². The van der Waals surface area contributed by atoms with Gasteiger partial charge in [-0.3, -0.25) is 4.79 Å². The topological polar surface area (TPSA) is 51.5 Å². The Morgan fingerprint density at radius 2 is 2.21 bits per heavy atom. The van der Waals surface area contributed by atoms with Gasteiger partial charge in [0.15, 0.2) is 0 Å². The average molecular weight is 282 g/mol. The first-order chi connectivity index (χ1) is 9.06. The minimum Gasteiger partial charge on any atom is -0.469 e. The molecule has 0 aliphatic carbocycles. The average Bonchev–Trinajstić information content (AvgIpc) is 2.69. The fourth-order valence-electron chi connectivity index (χ4n) is 2.15. The largest absolute Gasteiger partial charge is 0.469 e. The fraction of sp³-hybridized carbons (Fsp3) is 0.357. The summed E-state index contributed by atoms with van der Waals surface area (Å²) in [6, 6.07) is 3.83. The van der Waals surface area contributed by atoms with Gasteiger partial charge in [0, 0.05) is 28.7 Å². The van der Waals surface area contributed by atoms with E-state index in [1.807, 2.05) is 29.8 Å². The predicted molar refractivity (Wildman–Crippen MR) is 74.5 cm³/mol. The number of methoxy groups -OCH3 is 1. The summed E-state index contributed by atoms with van der Waals surface area (Å²) < 4.78 is 6.60. The lowest BCUT2D eigenvalue weighted by Crippen LogP contribution is -2.04. The van der Waals surface area contributed by atoms with Crippen molar-refractivity contribution in [1.29, 1.82) is 0 Å². The second-order valence-electron chi connectivity index (χ2n) is 4.44. The SMILES string of the molecule is COC(=O)Cc1cn(CCO)c2cc(Cl)c(C)cc12. The lowest BCUT2D eigenvalue weighted by Gasteiger charge is -2.04. The maximum atomic E-state index is 11.4. The molecule has 0 fully saturated rings. The molecule has 1 aromatic carbocycles. The molecule has 0 radical (unpaired) electrons. The fourth-order valence-corrected chi connectivity index (χ4v) is 2.31. The van der Waals surface area contributed by atoms with E-state index in [0.29, 0.717) is 11.6 Å². The van der Waals surface area contributed by atoms with Crippen molar-refractivity contribution >= 4 is 28.5 Å². The molecule has 1 aromatic heterocycles. The summed E-state index contributed by atoms with van der Waals surface area (Å²) in [7, 11) is 1.37. The lowest BCUT2D eigenvalue weighted by molar-refractivity contribution is -0.139. The van der Waals surface area contributed by atoms with E-state index in [-0.39, 0.29) is 19.0 Å². The van der Waals surface area contributed by atoms with Crippen LogP contribution < -0.4 is 0 Å². The van der Waals surface area contributed by atoms with Crippen molar-refractivity contribution in [1.82, 2.24) is 4.57 Å². The van der Waals surface area contributed by atoms with Crippen LogP contribution in [0.5, 0.6) is 0 Å². The van der Waals surface area contributed by atoms with E-state index in [4.69, 9.17) is 21.4 Å². The number of aliphatic hydroxyl groups excluding tert-OH is 1. The number of rotatable bonds is 4. The molecular formula is C14H16ClNO3. The Bertz CT molecular complexity index is 619. The van der Waals surface area contributed by atoms with Gasteiger partial charge >= 0.3 is 5.97 Å². The molecule has 2 aromatic rings. The van der Waals surface area contributed by atoms with Crippen LogP contribution in [0.1, 0.15) is 11.1 Å². The number of fused-ring (bicyclic) bond motifs is 1. The summed E-state index contributed by atoms with van der Waals surface area (Å²) in [4.78, 5) is 11.4. The van der Waals surface area contributed by atoms with E-state index in [1.54, 1.807) is 0 Å². The molecular weight excluding hydrogens is 266 g/mol. The third-order valence-corrected chi connectivity index (χ3v) is 3.55. The number of nitrogens with zero attached hydrogens (tertiary/aromatic N) is 1. The first-order valence-electron chi connectivity index (χ1n) is 6.02. The first kappa shape index (κ1) is 13.9. The number of aromatic nitrogens is 1. The molecule has 0 aliphatic heterocycles. The summed E-state index contributed by atoms with van der Waals surface area (Å²) in [5.41, 5.74) is 2.76. The Morgan fingerprint density at radius 3 is 2.84 bits per heavy atom. The van der Waals surface area contributed by atoms with Gasteiger partial charge in [0.25, 0.3) is 0 Å². The molecule has 102 valence electrons. The molecule has 19 heavy (non-hydrogen) atoms. The standard InChI is InChI=1S/C14H16ClNO3/c1-9-5-11-10(6-14(18)19-2)8-16(3-4-17)13(11)7-12(9)15/h5,7-8,17H,3-4,6H2,1-2H3. The summed E-state index contributed by atoms with van der Waals surface area (Å²) in [5, 5.41) is 10.7. The van der Waals surface area contributed by atoms with Crippen molar-refractivity contribution in [3.63, 3.8) is 0 Å². The number of aliphatic hydroxyl groups is 1. The Morgan fingerprint density at radius 1 is 1.47 bits per heavy atom. The second kappa shape index (κ2) is 5.63. The Balaban J connectivity index is 2.57. The molecule has 0 saturated carbocycles. The maximum absolute atomic E-state index is 11.4. The van der Waals surface area contributed by atoms with Gasteiger partial charge in [0.2, 0.25) is 0 Å². The zero-order valence-corrected chi connectivity index (χ0v) is 11.7. The van der Waals surface area contributed by atoms with Crippen LogP contribution >= 0.6 is 11.6 Å². The molecule has 0 spiro atoms. The van der Waals surface area contributed by atoms with Crippen molar-refractivity contribution in [2.45, 2.75) is 19.9 Å². The first-order valence-corrected chi connectivity index (χ1v) is 6.40. The predicted octanol–water partition coefficient (Wildman–Crippen LogP) is 2.31. The van der Waals surface area contributed by atoms with Crippen LogP contribution in [-0.2, 0) is 22.5 Å². The number of carbonyl (C=O) groups is 1.